The second kappa shape index (κ2) is 12.4. The Kier molecular flexibility index (Phi) is 8.78. The largest absolute Gasteiger partial charge is 0.497 e. The molecule has 1 heterocycles. The van der Waals surface area contributed by atoms with Crippen LogP contribution in [0, 0.1) is 0 Å². The first-order valence-electron chi connectivity index (χ1n) is 10.8. The van der Waals surface area contributed by atoms with Crippen LogP contribution in [-0.4, -0.2) is 39.7 Å². The number of hydrogen-bond donors (Lipinski definition) is 1. The van der Waals surface area contributed by atoms with Gasteiger partial charge in [-0.2, -0.15) is 5.10 Å². The first kappa shape index (κ1) is 25.5. The highest BCUT2D eigenvalue weighted by Gasteiger charge is 2.17. The van der Waals surface area contributed by atoms with Gasteiger partial charge < -0.3 is 4.74 Å². The van der Waals surface area contributed by atoms with E-state index in [2.05, 4.69) is 20.7 Å². The number of aromatic nitrogens is 3. The fourth-order valence-corrected chi connectivity index (χ4v) is 4.23. The Bertz CT molecular complexity index is 1370. The van der Waals surface area contributed by atoms with E-state index in [1.165, 1.54) is 18.0 Å². The molecule has 4 rings (SSSR count). The lowest BCUT2D eigenvalue weighted by molar-refractivity contribution is -0.118. The number of methoxy groups -OCH3 is 1. The van der Waals surface area contributed by atoms with Crippen molar-refractivity contribution in [1.82, 2.24) is 20.2 Å². The fourth-order valence-electron chi connectivity index (χ4n) is 3.19. The Labute approximate surface area is 222 Å². The summed E-state index contributed by atoms with van der Waals surface area (Å²) in [4.78, 5) is 12.4. The van der Waals surface area contributed by atoms with Gasteiger partial charge in [-0.25, -0.2) is 5.43 Å². The van der Waals surface area contributed by atoms with Gasteiger partial charge in [-0.3, -0.25) is 9.36 Å². The lowest BCUT2D eigenvalue weighted by Gasteiger charge is -2.11. The number of nitrogens with zero attached hydrogens (tertiary/aromatic N) is 4. The van der Waals surface area contributed by atoms with Crippen molar-refractivity contribution in [2.24, 2.45) is 5.10 Å². The van der Waals surface area contributed by atoms with Gasteiger partial charge in [0.15, 0.2) is 11.0 Å². The maximum atomic E-state index is 12.4. The number of halogens is 2. The minimum atomic E-state index is -0.308. The maximum Gasteiger partial charge on any atom is 0.250 e. The summed E-state index contributed by atoms with van der Waals surface area (Å²) >= 11 is 13.5. The second-order valence-electron chi connectivity index (χ2n) is 7.37. The van der Waals surface area contributed by atoms with E-state index >= 15 is 0 Å². The monoisotopic (exact) mass is 537 g/mol. The molecule has 1 amide bonds. The van der Waals surface area contributed by atoms with E-state index in [1.54, 1.807) is 25.3 Å². The predicted octanol–water partition coefficient (Wildman–Crippen LogP) is 6.07. The Morgan fingerprint density at radius 1 is 1.06 bits per heavy atom. The quantitative estimate of drug-likeness (QED) is 0.159. The van der Waals surface area contributed by atoms with Crippen molar-refractivity contribution in [3.05, 3.63) is 94.5 Å². The number of nitrogens with one attached hydrogen (secondary N) is 1. The van der Waals surface area contributed by atoms with Crippen LogP contribution in [-0.2, 0) is 4.79 Å². The average molecular weight is 538 g/mol. The van der Waals surface area contributed by atoms with E-state index < -0.39 is 0 Å². The summed E-state index contributed by atoms with van der Waals surface area (Å²) in [6.07, 6.45) is 3.14. The first-order valence-corrected chi connectivity index (χ1v) is 12.5. The zero-order valence-electron chi connectivity index (χ0n) is 19.1. The van der Waals surface area contributed by atoms with Crippen LogP contribution in [0.3, 0.4) is 0 Å². The lowest BCUT2D eigenvalue weighted by Crippen LogP contribution is -2.19. The van der Waals surface area contributed by atoms with Gasteiger partial charge in [0.05, 0.1) is 24.1 Å². The predicted molar refractivity (Wildman–Crippen MR) is 146 cm³/mol. The summed E-state index contributed by atoms with van der Waals surface area (Å²) in [6.45, 7) is 0. The fraction of sp³-hybridized carbons (Fsp3) is 0.0769. The van der Waals surface area contributed by atoms with Gasteiger partial charge in [-0.05, 0) is 60.2 Å². The minimum absolute atomic E-state index is 0.0751. The number of hydrazone groups is 1. The summed E-state index contributed by atoms with van der Waals surface area (Å²) in [5.74, 6) is 1.13. The molecule has 0 fully saturated rings. The molecule has 182 valence electrons. The van der Waals surface area contributed by atoms with Crippen LogP contribution in [0.25, 0.3) is 23.2 Å². The normalized spacial score (nSPS) is 11.6. The van der Waals surface area contributed by atoms with E-state index in [0.29, 0.717) is 21.0 Å². The number of carbonyl (C=O) groups is 1. The van der Waals surface area contributed by atoms with Crippen molar-refractivity contribution >= 4 is 53.2 Å². The molecule has 7 nitrogen and oxygen atoms in total. The van der Waals surface area contributed by atoms with Gasteiger partial charge in [-0.15, -0.1) is 10.2 Å². The molecule has 0 bridgehead atoms. The molecule has 10 heteroatoms. The molecule has 3 aromatic carbocycles. The molecule has 0 aliphatic rings. The van der Waals surface area contributed by atoms with Crippen LogP contribution in [0.1, 0.15) is 5.56 Å². The second-order valence-corrected chi connectivity index (χ2v) is 9.18. The van der Waals surface area contributed by atoms with E-state index in [-0.39, 0.29) is 11.7 Å². The van der Waals surface area contributed by atoms with E-state index in [1.807, 2.05) is 71.3 Å². The van der Waals surface area contributed by atoms with Crippen molar-refractivity contribution in [3.63, 3.8) is 0 Å². The molecule has 0 radical (unpaired) electrons. The topological polar surface area (TPSA) is 81.4 Å². The molecule has 1 aromatic heterocycles. The van der Waals surface area contributed by atoms with Crippen LogP contribution >= 0.6 is 35.0 Å². The summed E-state index contributed by atoms with van der Waals surface area (Å²) < 4.78 is 7.12. The molecular formula is C26H21Cl2N5O2S. The number of benzene rings is 3. The van der Waals surface area contributed by atoms with E-state index in [9.17, 15) is 4.79 Å². The zero-order valence-corrected chi connectivity index (χ0v) is 21.5. The number of carbonyl (C=O) groups excluding carboxylic acids is 1. The van der Waals surface area contributed by atoms with Crippen LogP contribution in [0.2, 0.25) is 5.02 Å². The highest BCUT2D eigenvalue weighted by atomic mass is 35.5. The Morgan fingerprint density at radius 2 is 1.78 bits per heavy atom. The van der Waals surface area contributed by atoms with Gasteiger partial charge in [-0.1, -0.05) is 65.3 Å². The molecule has 0 aliphatic heterocycles. The third kappa shape index (κ3) is 6.75. The molecule has 0 atom stereocenters. The summed E-state index contributed by atoms with van der Waals surface area (Å²) in [5.41, 5.74) is 5.08. The van der Waals surface area contributed by atoms with Crippen LogP contribution < -0.4 is 10.2 Å². The van der Waals surface area contributed by atoms with Crippen molar-refractivity contribution in [2.75, 3.05) is 12.9 Å². The highest BCUT2D eigenvalue weighted by molar-refractivity contribution is 7.99. The molecular weight excluding hydrogens is 517 g/mol. The SMILES string of the molecule is COc1ccc(-c2nnc(SCC(=O)NN=CC(Cl)=Cc3ccccc3)n2-c2ccc(Cl)cc2)cc1. The summed E-state index contributed by atoms with van der Waals surface area (Å²) in [5, 5.41) is 14.2. The molecule has 0 saturated heterocycles. The van der Waals surface area contributed by atoms with Crippen LogP contribution in [0.4, 0.5) is 0 Å². The maximum absolute atomic E-state index is 12.4. The van der Waals surface area contributed by atoms with E-state index in [0.717, 1.165) is 22.6 Å². The average Bonchev–Trinajstić information content (AvgIpc) is 3.32. The molecule has 36 heavy (non-hydrogen) atoms. The number of ether oxygens (including phenoxy) is 1. The lowest BCUT2D eigenvalue weighted by atomic mass is 10.2. The third-order valence-electron chi connectivity index (χ3n) is 4.88. The van der Waals surface area contributed by atoms with Crippen LogP contribution in [0.15, 0.2) is 94.2 Å². The number of hydrogen-bond acceptors (Lipinski definition) is 6. The number of thioether (sulfide) groups is 1. The zero-order chi connectivity index (χ0) is 25.3. The molecule has 0 aliphatic carbocycles. The van der Waals surface area contributed by atoms with Gasteiger partial charge in [0.2, 0.25) is 0 Å². The van der Waals surface area contributed by atoms with Crippen molar-refractivity contribution < 1.29 is 9.53 Å². The summed E-state index contributed by atoms with van der Waals surface area (Å²) in [6, 6.07) is 24.4. The van der Waals surface area contributed by atoms with Gasteiger partial charge in [0.25, 0.3) is 5.91 Å². The number of amides is 1. The third-order valence-corrected chi connectivity index (χ3v) is 6.27. The van der Waals surface area contributed by atoms with Crippen LogP contribution in [0.5, 0.6) is 5.75 Å². The number of allylic oxidation sites excluding steroid dienone is 1. The first-order chi connectivity index (χ1) is 17.5. The van der Waals surface area contributed by atoms with Crippen molar-refractivity contribution in [1.29, 1.82) is 0 Å². The van der Waals surface area contributed by atoms with Crippen molar-refractivity contribution in [3.8, 4) is 22.8 Å². The number of rotatable bonds is 9. The molecule has 4 aromatic rings. The minimum Gasteiger partial charge on any atom is -0.497 e. The van der Waals surface area contributed by atoms with Gasteiger partial charge >= 0.3 is 0 Å². The van der Waals surface area contributed by atoms with Crippen molar-refractivity contribution in [2.45, 2.75) is 5.16 Å². The Hall–Kier alpha value is -3.59. The van der Waals surface area contributed by atoms with E-state index in [4.69, 9.17) is 27.9 Å². The smallest absolute Gasteiger partial charge is 0.250 e. The molecule has 0 saturated carbocycles. The molecule has 0 spiro atoms. The Balaban J connectivity index is 1.47. The summed E-state index contributed by atoms with van der Waals surface area (Å²) in [7, 11) is 1.61. The molecule has 0 unspecified atom stereocenters. The molecule has 1 N–H and O–H groups in total. The Morgan fingerprint density at radius 3 is 2.47 bits per heavy atom. The standard InChI is InChI=1S/C26H21Cl2N5O2S/c1-35-23-13-7-19(8-14-23)25-31-32-26(33(25)22-11-9-20(27)10-12-22)36-17-24(34)30-29-16-21(28)15-18-5-3-2-4-6-18/h2-16H,17H2,1H3,(H,30,34). The van der Waals surface area contributed by atoms with Gasteiger partial charge in [0, 0.05) is 16.3 Å². The van der Waals surface area contributed by atoms with Gasteiger partial charge in [0.1, 0.15) is 5.75 Å². The highest BCUT2D eigenvalue weighted by Crippen LogP contribution is 2.29.